The highest BCUT2D eigenvalue weighted by Crippen LogP contribution is 2.24. The first-order valence-corrected chi connectivity index (χ1v) is 9.83. The Balaban J connectivity index is 1.52. The van der Waals surface area contributed by atoms with Crippen molar-refractivity contribution in [2.45, 2.75) is 38.8 Å². The van der Waals surface area contributed by atoms with Crippen molar-refractivity contribution in [2.24, 2.45) is 0 Å². The van der Waals surface area contributed by atoms with Gasteiger partial charge in [0.2, 0.25) is 5.91 Å². The number of hydrogen-bond donors (Lipinski definition) is 1. The van der Waals surface area contributed by atoms with Crippen LogP contribution in [-0.4, -0.2) is 67.7 Å². The predicted molar refractivity (Wildman–Crippen MR) is 102 cm³/mol. The fraction of sp³-hybridized carbons (Fsp3) is 0.500. The molecule has 2 aliphatic heterocycles. The summed E-state index contributed by atoms with van der Waals surface area (Å²) in [5.74, 6) is -0.984. The summed E-state index contributed by atoms with van der Waals surface area (Å²) in [5.41, 5.74) is 2.42. The van der Waals surface area contributed by atoms with E-state index in [1.54, 1.807) is 15.8 Å². The highest BCUT2D eigenvalue weighted by Gasteiger charge is 2.30. The summed E-state index contributed by atoms with van der Waals surface area (Å²) in [7, 11) is 0. The Morgan fingerprint density at radius 3 is 2.64 bits per heavy atom. The van der Waals surface area contributed by atoms with Gasteiger partial charge in [-0.05, 0) is 38.1 Å². The van der Waals surface area contributed by atoms with Crippen molar-refractivity contribution in [3.63, 3.8) is 0 Å². The van der Waals surface area contributed by atoms with E-state index in [4.69, 9.17) is 0 Å². The van der Waals surface area contributed by atoms with Gasteiger partial charge in [-0.3, -0.25) is 19.4 Å². The molecule has 1 saturated heterocycles. The predicted octanol–water partition coefficient (Wildman–Crippen LogP) is 1.40. The van der Waals surface area contributed by atoms with Gasteiger partial charge in [-0.15, -0.1) is 0 Å². The molecule has 28 heavy (non-hydrogen) atoms. The van der Waals surface area contributed by atoms with Crippen LogP contribution in [0.4, 0.5) is 0 Å². The van der Waals surface area contributed by atoms with E-state index in [2.05, 4.69) is 15.0 Å². The van der Waals surface area contributed by atoms with E-state index < -0.39 is 5.97 Å². The number of rotatable bonds is 5. The van der Waals surface area contributed by atoms with Crippen molar-refractivity contribution in [1.82, 2.24) is 24.6 Å². The maximum Gasteiger partial charge on any atom is 0.356 e. The van der Waals surface area contributed by atoms with Crippen LogP contribution < -0.4 is 0 Å². The number of nitrogens with zero attached hydrogens (tertiary/aromatic N) is 5. The summed E-state index contributed by atoms with van der Waals surface area (Å²) in [6.07, 6.45) is 5.83. The van der Waals surface area contributed by atoms with Crippen LogP contribution in [0.5, 0.6) is 0 Å². The van der Waals surface area contributed by atoms with Gasteiger partial charge < -0.3 is 10.0 Å². The minimum atomic E-state index is -1.05. The lowest BCUT2D eigenvalue weighted by atomic mass is 10.0. The number of piperidine rings is 1. The molecule has 0 aliphatic carbocycles. The van der Waals surface area contributed by atoms with E-state index in [0.717, 1.165) is 37.3 Å². The topological polar surface area (TPSA) is 91.6 Å². The number of carboxylic acid groups (broad SMARTS) is 1. The number of pyridine rings is 1. The molecular weight excluding hydrogens is 358 g/mol. The third-order valence-electron chi connectivity index (χ3n) is 5.53. The zero-order chi connectivity index (χ0) is 19.5. The molecule has 148 valence electrons. The van der Waals surface area contributed by atoms with Crippen LogP contribution in [0.15, 0.2) is 24.4 Å². The maximum absolute atomic E-state index is 12.8. The second kappa shape index (κ2) is 8.10. The number of carbonyl (C=O) groups is 2. The molecule has 8 nitrogen and oxygen atoms in total. The monoisotopic (exact) mass is 383 g/mol. The SMILES string of the molecule is O=C(O)c1nn(Cc2ccccn2)c2c1CN(C(=O)CN1CCCCC1)CC2. The molecule has 1 N–H and O–H groups in total. The van der Waals surface area contributed by atoms with E-state index in [1.165, 1.54) is 6.42 Å². The molecule has 0 atom stereocenters. The van der Waals surface area contributed by atoms with Crippen molar-refractivity contribution in [1.29, 1.82) is 0 Å². The van der Waals surface area contributed by atoms with Crippen LogP contribution in [-0.2, 0) is 24.3 Å². The Morgan fingerprint density at radius 1 is 1.11 bits per heavy atom. The number of fused-ring (bicyclic) bond motifs is 1. The summed E-state index contributed by atoms with van der Waals surface area (Å²) in [5, 5.41) is 13.9. The molecule has 0 unspecified atom stereocenters. The molecular formula is C20H25N5O3. The first-order valence-electron chi connectivity index (χ1n) is 9.83. The van der Waals surface area contributed by atoms with Crippen LogP contribution in [0.2, 0.25) is 0 Å². The molecule has 0 bridgehead atoms. The van der Waals surface area contributed by atoms with E-state index in [9.17, 15) is 14.7 Å². The van der Waals surface area contributed by atoms with Gasteiger partial charge in [0.15, 0.2) is 5.69 Å². The fourth-order valence-electron chi connectivity index (χ4n) is 4.06. The van der Waals surface area contributed by atoms with Gasteiger partial charge in [-0.1, -0.05) is 12.5 Å². The minimum Gasteiger partial charge on any atom is -0.476 e. The summed E-state index contributed by atoms with van der Waals surface area (Å²) in [6.45, 7) is 3.68. The molecule has 2 aromatic rings. The number of hydrogen-bond acceptors (Lipinski definition) is 5. The third kappa shape index (κ3) is 3.91. The highest BCUT2D eigenvalue weighted by atomic mass is 16.4. The second-order valence-corrected chi connectivity index (χ2v) is 7.46. The molecule has 0 spiro atoms. The van der Waals surface area contributed by atoms with Crippen molar-refractivity contribution >= 4 is 11.9 Å². The molecule has 1 fully saturated rings. The fourth-order valence-corrected chi connectivity index (χ4v) is 4.06. The van der Waals surface area contributed by atoms with E-state index in [0.29, 0.717) is 38.2 Å². The molecule has 1 amide bonds. The molecule has 8 heteroatoms. The Hall–Kier alpha value is -2.74. The maximum atomic E-state index is 12.8. The van der Waals surface area contributed by atoms with Crippen molar-refractivity contribution in [3.8, 4) is 0 Å². The van der Waals surface area contributed by atoms with Gasteiger partial charge >= 0.3 is 5.97 Å². The number of likely N-dealkylation sites (tertiary alicyclic amines) is 1. The Labute approximate surface area is 163 Å². The highest BCUT2D eigenvalue weighted by molar-refractivity contribution is 5.88. The molecule has 0 saturated carbocycles. The van der Waals surface area contributed by atoms with Gasteiger partial charge in [0, 0.05) is 37.0 Å². The van der Waals surface area contributed by atoms with E-state index in [1.807, 2.05) is 18.2 Å². The number of aromatic nitrogens is 3. The van der Waals surface area contributed by atoms with Crippen LogP contribution in [0.1, 0.15) is 46.7 Å². The van der Waals surface area contributed by atoms with Gasteiger partial charge in [0.25, 0.3) is 0 Å². The van der Waals surface area contributed by atoms with Gasteiger partial charge in [0.1, 0.15) is 0 Å². The van der Waals surface area contributed by atoms with Gasteiger partial charge in [-0.2, -0.15) is 5.10 Å². The largest absolute Gasteiger partial charge is 0.476 e. The number of aromatic carboxylic acids is 1. The zero-order valence-electron chi connectivity index (χ0n) is 15.9. The average molecular weight is 383 g/mol. The lowest BCUT2D eigenvalue weighted by Crippen LogP contribution is -2.44. The summed E-state index contributed by atoms with van der Waals surface area (Å²) >= 11 is 0. The molecule has 2 aliphatic rings. The van der Waals surface area contributed by atoms with E-state index in [-0.39, 0.29) is 11.6 Å². The standard InChI is InChI=1S/C20H25N5O3/c26-18(14-23-9-4-1-5-10-23)24-11-7-17-16(13-24)19(20(27)28)22-25(17)12-15-6-2-3-8-21-15/h2-3,6,8H,1,4-5,7,9-14H2,(H,27,28). The number of carboxylic acids is 1. The van der Waals surface area contributed by atoms with Crippen molar-refractivity contribution in [2.75, 3.05) is 26.2 Å². The normalized spacial score (nSPS) is 17.4. The van der Waals surface area contributed by atoms with Gasteiger partial charge in [0.05, 0.1) is 18.8 Å². The van der Waals surface area contributed by atoms with Crippen LogP contribution in [0.3, 0.4) is 0 Å². The Kier molecular flexibility index (Phi) is 5.38. The summed E-state index contributed by atoms with van der Waals surface area (Å²) < 4.78 is 1.73. The summed E-state index contributed by atoms with van der Waals surface area (Å²) in [6, 6.07) is 5.64. The summed E-state index contributed by atoms with van der Waals surface area (Å²) in [4.78, 5) is 32.8. The van der Waals surface area contributed by atoms with Crippen molar-refractivity contribution in [3.05, 3.63) is 47.0 Å². The van der Waals surface area contributed by atoms with Crippen LogP contribution in [0.25, 0.3) is 0 Å². The van der Waals surface area contributed by atoms with E-state index >= 15 is 0 Å². The molecule has 2 aromatic heterocycles. The molecule has 4 heterocycles. The minimum absolute atomic E-state index is 0.0430. The zero-order valence-corrected chi connectivity index (χ0v) is 15.9. The molecule has 0 radical (unpaired) electrons. The lowest BCUT2D eigenvalue weighted by molar-refractivity contribution is -0.133. The van der Waals surface area contributed by atoms with Crippen LogP contribution in [0, 0.1) is 0 Å². The quantitative estimate of drug-likeness (QED) is 0.839. The third-order valence-corrected chi connectivity index (χ3v) is 5.53. The smallest absolute Gasteiger partial charge is 0.356 e. The lowest BCUT2D eigenvalue weighted by Gasteiger charge is -2.31. The second-order valence-electron chi connectivity index (χ2n) is 7.46. The number of amides is 1. The Morgan fingerprint density at radius 2 is 1.93 bits per heavy atom. The Bertz CT molecular complexity index is 858. The first-order chi connectivity index (χ1) is 13.6. The van der Waals surface area contributed by atoms with Crippen LogP contribution >= 0.6 is 0 Å². The molecule has 4 rings (SSSR count). The first kappa shape index (κ1) is 18.6. The average Bonchev–Trinajstić information content (AvgIpc) is 3.07. The number of carbonyl (C=O) groups excluding carboxylic acids is 1. The van der Waals surface area contributed by atoms with Crippen molar-refractivity contribution < 1.29 is 14.7 Å². The molecule has 0 aromatic carbocycles. The van der Waals surface area contributed by atoms with Gasteiger partial charge in [-0.25, -0.2) is 4.79 Å².